The van der Waals surface area contributed by atoms with Crippen LogP contribution in [0.2, 0.25) is 0 Å². The fraction of sp³-hybridized carbons (Fsp3) is 0.500. The van der Waals surface area contributed by atoms with Gasteiger partial charge in [-0.05, 0) is 37.3 Å². The second-order valence-corrected chi connectivity index (χ2v) is 6.42. The number of nitrogens with one attached hydrogen (secondary N) is 2. The summed E-state index contributed by atoms with van der Waals surface area (Å²) in [5.74, 6) is -0.199. The van der Waals surface area contributed by atoms with Gasteiger partial charge in [0, 0.05) is 19.8 Å². The van der Waals surface area contributed by atoms with E-state index in [0.717, 1.165) is 24.1 Å². The molecule has 2 rings (SSSR count). The molecule has 1 fully saturated rings. The van der Waals surface area contributed by atoms with Gasteiger partial charge in [-0.3, -0.25) is 9.59 Å². The molecule has 2 N–H and O–H groups in total. The smallest absolute Gasteiger partial charge is 0.240 e. The van der Waals surface area contributed by atoms with Crippen LogP contribution in [0.5, 0.6) is 0 Å². The number of carbonyl (C=O) groups excluding carboxylic acids is 2. The fourth-order valence-electron chi connectivity index (χ4n) is 2.90. The molecule has 0 spiro atoms. The first-order chi connectivity index (χ1) is 11.5. The predicted molar refractivity (Wildman–Crippen MR) is 92.3 cm³/mol. The van der Waals surface area contributed by atoms with Crippen LogP contribution in [0.4, 0.5) is 5.69 Å². The molecule has 6 heteroatoms. The van der Waals surface area contributed by atoms with Crippen LogP contribution in [-0.4, -0.2) is 42.9 Å². The first-order valence-corrected chi connectivity index (χ1v) is 8.20. The van der Waals surface area contributed by atoms with Crippen molar-refractivity contribution in [1.82, 2.24) is 10.2 Å². The molecule has 6 nitrogen and oxygen atoms in total. The summed E-state index contributed by atoms with van der Waals surface area (Å²) in [6, 6.07) is 9.69. The number of likely N-dealkylation sites (N-methyl/N-ethyl adjacent to an activating group) is 1. The quantitative estimate of drug-likeness (QED) is 0.832. The Labute approximate surface area is 142 Å². The molecule has 128 valence electrons. The van der Waals surface area contributed by atoms with Gasteiger partial charge in [-0.1, -0.05) is 18.2 Å². The molecular formula is C18H24N4O2. The number of nitriles is 1. The highest BCUT2D eigenvalue weighted by atomic mass is 16.2. The normalized spacial score (nSPS) is 15.4. The van der Waals surface area contributed by atoms with Crippen LogP contribution in [0, 0.1) is 11.3 Å². The van der Waals surface area contributed by atoms with E-state index < -0.39 is 5.54 Å². The van der Waals surface area contributed by atoms with Crippen LogP contribution in [0.1, 0.15) is 31.2 Å². The number of hydrogen-bond donors (Lipinski definition) is 2. The van der Waals surface area contributed by atoms with Crippen LogP contribution in [-0.2, 0) is 16.0 Å². The topological polar surface area (TPSA) is 85.2 Å². The minimum atomic E-state index is -0.709. The zero-order valence-corrected chi connectivity index (χ0v) is 14.3. The number of anilines is 1. The molecule has 24 heavy (non-hydrogen) atoms. The summed E-state index contributed by atoms with van der Waals surface area (Å²) in [6.45, 7) is 0.0800. The van der Waals surface area contributed by atoms with Crippen LogP contribution in [0.3, 0.4) is 0 Å². The second kappa shape index (κ2) is 7.82. The van der Waals surface area contributed by atoms with Crippen molar-refractivity contribution in [3.63, 3.8) is 0 Å². The number of para-hydroxylation sites is 1. The van der Waals surface area contributed by atoms with Crippen LogP contribution < -0.4 is 10.6 Å². The van der Waals surface area contributed by atoms with E-state index in [1.807, 2.05) is 24.3 Å². The number of amides is 2. The number of benzene rings is 1. The lowest BCUT2D eigenvalue weighted by Crippen LogP contribution is -2.47. The van der Waals surface area contributed by atoms with Gasteiger partial charge in [-0.15, -0.1) is 0 Å². The number of nitrogens with zero attached hydrogens (tertiary/aromatic N) is 2. The zero-order valence-electron chi connectivity index (χ0n) is 14.3. The van der Waals surface area contributed by atoms with Crippen LogP contribution in [0.25, 0.3) is 0 Å². The summed E-state index contributed by atoms with van der Waals surface area (Å²) < 4.78 is 0. The molecule has 2 amide bonds. The van der Waals surface area contributed by atoms with Gasteiger partial charge in [0.05, 0.1) is 19.0 Å². The zero-order chi connectivity index (χ0) is 17.6. The van der Waals surface area contributed by atoms with Crippen molar-refractivity contribution in [3.05, 3.63) is 29.8 Å². The number of hydrogen-bond acceptors (Lipinski definition) is 4. The number of rotatable bonds is 6. The average Bonchev–Trinajstić information content (AvgIpc) is 3.03. The van der Waals surface area contributed by atoms with Crippen molar-refractivity contribution in [1.29, 1.82) is 5.26 Å². The Kier molecular flexibility index (Phi) is 5.80. The molecule has 1 aliphatic rings. The highest BCUT2D eigenvalue weighted by Crippen LogP contribution is 2.28. The second-order valence-electron chi connectivity index (χ2n) is 6.42. The van der Waals surface area contributed by atoms with Crippen LogP contribution >= 0.6 is 0 Å². The largest absolute Gasteiger partial charge is 0.376 e. The molecule has 1 saturated carbocycles. The molecule has 1 aromatic carbocycles. The molecule has 1 aromatic rings. The third-order valence-corrected chi connectivity index (χ3v) is 4.35. The van der Waals surface area contributed by atoms with Gasteiger partial charge in [0.25, 0.3) is 0 Å². The summed E-state index contributed by atoms with van der Waals surface area (Å²) in [7, 11) is 3.43. The van der Waals surface area contributed by atoms with Crippen molar-refractivity contribution in [2.75, 3.05) is 26.0 Å². The maximum atomic E-state index is 12.2. The van der Waals surface area contributed by atoms with E-state index in [1.54, 1.807) is 19.0 Å². The standard InChI is InChI=1S/C18H24N4O2/c1-22(2)17(24)11-14-7-3-4-8-15(14)20-12-16(23)21-18(13-19)9-5-6-10-18/h3-4,7-8,20H,5-6,9-12H2,1-2H3,(H,21,23). The van der Waals surface area contributed by atoms with Crippen molar-refractivity contribution in [2.45, 2.75) is 37.6 Å². The Morgan fingerprint density at radius 2 is 1.92 bits per heavy atom. The van der Waals surface area contributed by atoms with Crippen molar-refractivity contribution in [2.24, 2.45) is 0 Å². The molecule has 0 heterocycles. The molecule has 0 aromatic heterocycles. The molecular weight excluding hydrogens is 304 g/mol. The lowest BCUT2D eigenvalue weighted by atomic mass is 10.00. The van der Waals surface area contributed by atoms with Crippen molar-refractivity contribution in [3.8, 4) is 6.07 Å². The van der Waals surface area contributed by atoms with E-state index in [0.29, 0.717) is 12.8 Å². The summed E-state index contributed by atoms with van der Waals surface area (Å²) in [5.41, 5.74) is 0.902. The maximum Gasteiger partial charge on any atom is 0.240 e. The van der Waals surface area contributed by atoms with Crippen LogP contribution in [0.15, 0.2) is 24.3 Å². The van der Waals surface area contributed by atoms with Gasteiger partial charge in [0.2, 0.25) is 11.8 Å². The van der Waals surface area contributed by atoms with E-state index in [1.165, 1.54) is 0 Å². The summed E-state index contributed by atoms with van der Waals surface area (Å²) in [4.78, 5) is 25.6. The SMILES string of the molecule is CN(C)C(=O)Cc1ccccc1NCC(=O)NC1(C#N)CCCC1. The Hall–Kier alpha value is -2.55. The van der Waals surface area contributed by atoms with E-state index in [4.69, 9.17) is 0 Å². The maximum absolute atomic E-state index is 12.2. The average molecular weight is 328 g/mol. The molecule has 0 saturated heterocycles. The Morgan fingerprint density at radius 3 is 2.54 bits per heavy atom. The molecule has 1 aliphatic carbocycles. The van der Waals surface area contributed by atoms with E-state index >= 15 is 0 Å². The Balaban J connectivity index is 1.95. The lowest BCUT2D eigenvalue weighted by Gasteiger charge is -2.22. The minimum absolute atomic E-state index is 0.00286. The van der Waals surface area contributed by atoms with E-state index in [9.17, 15) is 14.9 Å². The predicted octanol–water partition coefficient (Wildman–Crippen LogP) is 1.68. The molecule has 0 unspecified atom stereocenters. The molecule has 0 bridgehead atoms. The molecule has 0 aliphatic heterocycles. The van der Waals surface area contributed by atoms with Crippen molar-refractivity contribution < 1.29 is 9.59 Å². The Bertz CT molecular complexity index is 643. The lowest BCUT2D eigenvalue weighted by molar-refractivity contribution is -0.128. The van der Waals surface area contributed by atoms with E-state index in [-0.39, 0.29) is 24.8 Å². The third kappa shape index (κ3) is 4.48. The summed E-state index contributed by atoms with van der Waals surface area (Å²) >= 11 is 0. The molecule has 0 atom stereocenters. The number of carbonyl (C=O) groups is 2. The first-order valence-electron chi connectivity index (χ1n) is 8.20. The highest BCUT2D eigenvalue weighted by Gasteiger charge is 2.35. The van der Waals surface area contributed by atoms with Crippen molar-refractivity contribution >= 4 is 17.5 Å². The van der Waals surface area contributed by atoms with Gasteiger partial charge in [-0.2, -0.15) is 5.26 Å². The highest BCUT2D eigenvalue weighted by molar-refractivity contribution is 5.83. The van der Waals surface area contributed by atoms with Gasteiger partial charge in [-0.25, -0.2) is 0 Å². The summed E-state index contributed by atoms with van der Waals surface area (Å²) in [6.07, 6.45) is 3.64. The minimum Gasteiger partial charge on any atom is -0.376 e. The first kappa shape index (κ1) is 17.8. The van der Waals surface area contributed by atoms with Gasteiger partial charge < -0.3 is 15.5 Å². The van der Waals surface area contributed by atoms with Gasteiger partial charge in [0.1, 0.15) is 5.54 Å². The monoisotopic (exact) mass is 328 g/mol. The third-order valence-electron chi connectivity index (χ3n) is 4.35. The fourth-order valence-corrected chi connectivity index (χ4v) is 2.90. The van der Waals surface area contributed by atoms with Gasteiger partial charge in [0.15, 0.2) is 0 Å². The Morgan fingerprint density at radius 1 is 1.25 bits per heavy atom. The van der Waals surface area contributed by atoms with Gasteiger partial charge >= 0.3 is 0 Å². The molecule has 0 radical (unpaired) electrons. The summed E-state index contributed by atoms with van der Waals surface area (Å²) in [5, 5.41) is 15.3. The van der Waals surface area contributed by atoms with E-state index in [2.05, 4.69) is 16.7 Å².